The lowest BCUT2D eigenvalue weighted by Crippen LogP contribution is -2.30. The van der Waals surface area contributed by atoms with Crippen LogP contribution in [-0.2, 0) is 10.8 Å². The molecule has 1 aliphatic heterocycles. The van der Waals surface area contributed by atoms with E-state index in [-0.39, 0.29) is 5.41 Å². The van der Waals surface area contributed by atoms with Crippen molar-refractivity contribution in [3.05, 3.63) is 244 Å². The Morgan fingerprint density at radius 1 is 0.576 bits per heavy atom. The summed E-state index contributed by atoms with van der Waals surface area (Å²) in [7, 11) is 0. The first-order valence-corrected chi connectivity index (χ1v) is 24.1. The molecule has 8 aromatic carbocycles. The molecule has 2 aliphatic rings. The average Bonchev–Trinajstić information content (AvgIpc) is 4.03. The van der Waals surface area contributed by atoms with Crippen molar-refractivity contribution in [3.8, 4) is 27.3 Å². The summed E-state index contributed by atoms with van der Waals surface area (Å²) in [5, 5.41) is 6.28. The van der Waals surface area contributed by atoms with E-state index in [2.05, 4.69) is 236 Å². The van der Waals surface area contributed by atoms with Crippen LogP contribution in [0, 0.1) is 0 Å². The van der Waals surface area contributed by atoms with Gasteiger partial charge in [0.2, 0.25) is 0 Å². The Morgan fingerprint density at radius 3 is 1.70 bits per heavy atom. The van der Waals surface area contributed by atoms with Crippen LogP contribution >= 0.6 is 11.3 Å². The van der Waals surface area contributed by atoms with Gasteiger partial charge >= 0.3 is 0 Å². The number of benzene rings is 8. The van der Waals surface area contributed by atoms with Crippen molar-refractivity contribution in [2.45, 2.75) is 37.5 Å². The molecule has 0 unspecified atom stereocenters. The Bertz CT molecular complexity index is 3330. The Labute approximate surface area is 391 Å². The standard InChI is InChI=1S/C62H49N3S/c1-3-61(4-2)53-40-42(28-35-49(53)50-36-34-48(41-54(50)61)65-55-26-16-14-24-51(55)52-25-15-17-27-56(52)65)29-37-57-58-59(64-39-38-63-58)60(66-57)43-30-32-47(33-31-43)62(44-18-8-5-9-19-44,45-20-10-6-11-21-45)46-22-12-7-13-23-46/h5-38,40-41,64H,3-4,39H2,1-2H3/b37-29+. The van der Waals surface area contributed by atoms with Crippen molar-refractivity contribution in [1.82, 2.24) is 4.57 Å². The first kappa shape index (κ1) is 40.0. The summed E-state index contributed by atoms with van der Waals surface area (Å²) in [6.45, 7) is 5.43. The van der Waals surface area contributed by atoms with Crippen LogP contribution < -0.4 is 5.32 Å². The quantitative estimate of drug-likeness (QED) is 0.136. The summed E-state index contributed by atoms with van der Waals surface area (Å²) in [5.41, 5.74) is 18.1. The molecule has 0 saturated carbocycles. The van der Waals surface area contributed by atoms with Gasteiger partial charge in [0.05, 0.1) is 38.4 Å². The fourth-order valence-electron chi connectivity index (χ4n) is 11.4. The highest BCUT2D eigenvalue weighted by Gasteiger charge is 2.41. The lowest BCUT2D eigenvalue weighted by molar-refractivity contribution is 0.490. The van der Waals surface area contributed by atoms with Crippen LogP contribution in [0.3, 0.4) is 0 Å². The average molecular weight is 868 g/mol. The smallest absolute Gasteiger partial charge is 0.104 e. The molecule has 1 N–H and O–H groups in total. The van der Waals surface area contributed by atoms with Crippen LogP contribution in [0.4, 0.5) is 11.4 Å². The Morgan fingerprint density at radius 2 is 1.11 bits per heavy atom. The van der Waals surface area contributed by atoms with Crippen molar-refractivity contribution in [2.24, 2.45) is 4.99 Å². The molecule has 318 valence electrons. The van der Waals surface area contributed by atoms with Crippen LogP contribution in [-0.4, -0.2) is 17.3 Å². The molecule has 3 nitrogen and oxygen atoms in total. The van der Waals surface area contributed by atoms with E-state index < -0.39 is 5.41 Å². The normalized spacial score (nSPS) is 13.8. The second-order valence-electron chi connectivity index (χ2n) is 17.7. The highest BCUT2D eigenvalue weighted by atomic mass is 32.1. The largest absolute Gasteiger partial charge is 0.377 e. The molecular weight excluding hydrogens is 819 g/mol. The molecular formula is C62H49N3S. The van der Waals surface area contributed by atoms with Gasteiger partial charge in [-0.15, -0.1) is 11.3 Å². The Hall–Kier alpha value is -7.53. The lowest BCUT2D eigenvalue weighted by Gasteiger charge is -2.37. The number of nitrogens with one attached hydrogen (secondary N) is 1. The van der Waals surface area contributed by atoms with Gasteiger partial charge in [-0.05, 0) is 98.8 Å². The first-order chi connectivity index (χ1) is 32.6. The van der Waals surface area contributed by atoms with Crippen molar-refractivity contribution >= 4 is 62.9 Å². The molecule has 0 spiro atoms. The minimum atomic E-state index is -0.493. The van der Waals surface area contributed by atoms with E-state index in [9.17, 15) is 0 Å². The highest BCUT2D eigenvalue weighted by Crippen LogP contribution is 2.54. The number of thiophene rings is 1. The third kappa shape index (κ3) is 6.12. The highest BCUT2D eigenvalue weighted by molar-refractivity contribution is 7.17. The SMILES string of the molecule is CCC1(CC)c2cc(/C=C/c3sc(-c4ccc(C(c5ccccc5)(c5ccccc5)c5ccccc5)cc4)c4c3N=CCN4)ccc2-c2ccc(-n3c4ccccc4c4ccccc43)cc21. The van der Waals surface area contributed by atoms with Gasteiger partial charge in [0.25, 0.3) is 0 Å². The predicted octanol–water partition coefficient (Wildman–Crippen LogP) is 16.3. The molecule has 0 radical (unpaired) electrons. The maximum absolute atomic E-state index is 5.00. The van der Waals surface area contributed by atoms with Gasteiger partial charge in [-0.3, -0.25) is 4.99 Å². The van der Waals surface area contributed by atoms with E-state index in [0.717, 1.165) is 29.1 Å². The number of aliphatic imine (C=N–C) groups is 1. The van der Waals surface area contributed by atoms with Gasteiger partial charge < -0.3 is 9.88 Å². The van der Waals surface area contributed by atoms with Crippen molar-refractivity contribution < 1.29 is 0 Å². The molecule has 3 heterocycles. The third-order valence-corrected chi connectivity index (χ3v) is 15.7. The van der Waals surface area contributed by atoms with Crippen molar-refractivity contribution in [1.29, 1.82) is 0 Å². The number of rotatable bonds is 10. The monoisotopic (exact) mass is 867 g/mol. The Balaban J connectivity index is 0.905. The molecule has 4 heteroatoms. The summed E-state index contributed by atoms with van der Waals surface area (Å²) < 4.78 is 2.45. The van der Waals surface area contributed by atoms with E-state index in [0.29, 0.717) is 6.54 Å². The third-order valence-electron chi connectivity index (χ3n) is 14.5. The minimum absolute atomic E-state index is 0.0853. The molecule has 1 aliphatic carbocycles. The van der Waals surface area contributed by atoms with Crippen LogP contribution in [0.25, 0.3) is 61.2 Å². The molecule has 0 amide bonds. The number of para-hydroxylation sites is 2. The van der Waals surface area contributed by atoms with Crippen molar-refractivity contribution in [2.75, 3.05) is 11.9 Å². The summed E-state index contributed by atoms with van der Waals surface area (Å²) in [4.78, 5) is 7.35. The number of hydrogen-bond donors (Lipinski definition) is 1. The van der Waals surface area contributed by atoms with Gasteiger partial charge in [0.15, 0.2) is 0 Å². The molecule has 10 aromatic rings. The number of anilines is 1. The zero-order valence-electron chi connectivity index (χ0n) is 37.2. The van der Waals surface area contributed by atoms with E-state index in [4.69, 9.17) is 4.99 Å². The van der Waals surface area contributed by atoms with Gasteiger partial charge in [-0.2, -0.15) is 0 Å². The number of fused-ring (bicyclic) bond motifs is 7. The van der Waals surface area contributed by atoms with Gasteiger partial charge in [-0.1, -0.05) is 196 Å². The molecule has 0 fully saturated rings. The molecule has 0 saturated heterocycles. The zero-order valence-corrected chi connectivity index (χ0v) is 38.0. The van der Waals surface area contributed by atoms with Crippen LogP contribution in [0.15, 0.2) is 205 Å². The van der Waals surface area contributed by atoms with E-state index in [1.54, 1.807) is 0 Å². The van der Waals surface area contributed by atoms with E-state index in [1.165, 1.54) is 88.0 Å². The number of nitrogens with zero attached hydrogens (tertiary/aromatic N) is 2. The second kappa shape index (κ2) is 16.2. The topological polar surface area (TPSA) is 29.3 Å². The van der Waals surface area contributed by atoms with Crippen LogP contribution in [0.2, 0.25) is 0 Å². The molecule has 2 aromatic heterocycles. The summed E-state index contributed by atoms with van der Waals surface area (Å²) >= 11 is 1.81. The number of hydrogen-bond acceptors (Lipinski definition) is 3. The van der Waals surface area contributed by atoms with Gasteiger partial charge in [0, 0.05) is 28.1 Å². The van der Waals surface area contributed by atoms with Gasteiger partial charge in [0.1, 0.15) is 5.69 Å². The molecule has 66 heavy (non-hydrogen) atoms. The summed E-state index contributed by atoms with van der Waals surface area (Å²) in [6, 6.07) is 73.9. The number of aromatic nitrogens is 1. The molecule has 0 atom stereocenters. The Kier molecular flexibility index (Phi) is 9.80. The molecule has 12 rings (SSSR count). The van der Waals surface area contributed by atoms with Crippen molar-refractivity contribution in [3.63, 3.8) is 0 Å². The fraction of sp³-hybridized carbons (Fsp3) is 0.113. The van der Waals surface area contributed by atoms with Crippen LogP contribution in [0.1, 0.15) is 70.5 Å². The molecule has 0 bridgehead atoms. The second-order valence-corrected chi connectivity index (χ2v) is 18.7. The zero-order chi connectivity index (χ0) is 44.2. The summed E-state index contributed by atoms with van der Waals surface area (Å²) in [6.07, 6.45) is 8.61. The predicted molar refractivity (Wildman–Crippen MR) is 281 cm³/mol. The van der Waals surface area contributed by atoms with E-state index >= 15 is 0 Å². The van der Waals surface area contributed by atoms with E-state index in [1.807, 2.05) is 17.6 Å². The van der Waals surface area contributed by atoms with Crippen LogP contribution in [0.5, 0.6) is 0 Å². The fourth-order valence-corrected chi connectivity index (χ4v) is 12.5. The summed E-state index contributed by atoms with van der Waals surface area (Å²) in [5.74, 6) is 0. The first-order valence-electron chi connectivity index (χ1n) is 23.3. The maximum atomic E-state index is 5.00. The lowest BCUT2D eigenvalue weighted by atomic mass is 9.65. The minimum Gasteiger partial charge on any atom is -0.377 e. The maximum Gasteiger partial charge on any atom is 0.104 e. The van der Waals surface area contributed by atoms with Gasteiger partial charge in [-0.25, -0.2) is 0 Å².